The van der Waals surface area contributed by atoms with Crippen LogP contribution in [0.15, 0.2) is 36.5 Å². The van der Waals surface area contributed by atoms with Crippen molar-refractivity contribution in [2.24, 2.45) is 0 Å². The Morgan fingerprint density at radius 2 is 1.91 bits per heavy atom. The predicted octanol–water partition coefficient (Wildman–Crippen LogP) is 3.91. The van der Waals surface area contributed by atoms with Crippen LogP contribution in [-0.2, 0) is 11.3 Å². The van der Waals surface area contributed by atoms with E-state index in [1.807, 2.05) is 25.7 Å². The average molecular weight is 493 g/mol. The number of hydrogen-bond acceptors (Lipinski definition) is 7. The van der Waals surface area contributed by atoms with Crippen molar-refractivity contribution < 1.29 is 32.5 Å². The van der Waals surface area contributed by atoms with Crippen LogP contribution in [0.4, 0.5) is 23.7 Å². The van der Waals surface area contributed by atoms with E-state index in [2.05, 4.69) is 20.1 Å². The van der Waals surface area contributed by atoms with E-state index in [1.54, 1.807) is 12.3 Å². The molecule has 0 radical (unpaired) electrons. The number of anilines is 1. The average Bonchev–Trinajstić information content (AvgIpc) is 3.34. The Balaban J connectivity index is 1.72. The van der Waals surface area contributed by atoms with Gasteiger partial charge in [-0.2, -0.15) is 5.10 Å². The van der Waals surface area contributed by atoms with Crippen LogP contribution in [0.3, 0.4) is 0 Å². The zero-order valence-corrected chi connectivity index (χ0v) is 19.5. The highest BCUT2D eigenvalue weighted by molar-refractivity contribution is 5.93. The number of aliphatic hydroxyl groups excluding tert-OH is 1. The molecule has 1 aromatic carbocycles. The zero-order chi connectivity index (χ0) is 25.4. The fourth-order valence-electron chi connectivity index (χ4n) is 3.87. The first-order chi connectivity index (χ1) is 16.4. The van der Waals surface area contributed by atoms with Crippen LogP contribution in [0.5, 0.6) is 5.75 Å². The van der Waals surface area contributed by atoms with Gasteiger partial charge in [-0.15, -0.1) is 13.2 Å². The van der Waals surface area contributed by atoms with Crippen molar-refractivity contribution in [2.75, 3.05) is 18.0 Å². The second-order valence-electron chi connectivity index (χ2n) is 9.27. The largest absolute Gasteiger partial charge is 0.573 e. The fraction of sp³-hybridized carbons (Fsp3) is 0.435. The van der Waals surface area contributed by atoms with Crippen molar-refractivity contribution in [2.45, 2.75) is 51.8 Å². The number of carbonyl (C=O) groups is 1. The van der Waals surface area contributed by atoms with E-state index in [9.17, 15) is 23.1 Å². The topological polar surface area (TPSA) is 102 Å². The van der Waals surface area contributed by atoms with E-state index in [4.69, 9.17) is 4.74 Å². The second kappa shape index (κ2) is 9.25. The number of alkyl halides is 3. The molecule has 3 aromatic rings. The lowest BCUT2D eigenvalue weighted by molar-refractivity contribution is -0.274. The molecule has 0 saturated carbocycles. The van der Waals surface area contributed by atoms with Crippen LogP contribution in [-0.4, -0.2) is 57.1 Å². The first-order valence-electron chi connectivity index (χ1n) is 11.0. The number of amides is 1. The van der Waals surface area contributed by atoms with E-state index in [-0.39, 0.29) is 12.4 Å². The quantitative estimate of drug-likeness (QED) is 0.556. The number of β-amino-alcohol motifs (C(OH)–C–C–N with tert-alkyl or cyclic N) is 1. The Morgan fingerprint density at radius 1 is 1.20 bits per heavy atom. The number of nitrogens with one attached hydrogen (secondary N) is 1. The van der Waals surface area contributed by atoms with Crippen LogP contribution in [0.2, 0.25) is 0 Å². The van der Waals surface area contributed by atoms with Gasteiger partial charge in [0.1, 0.15) is 18.1 Å². The lowest BCUT2D eigenvalue weighted by atomic mass is 10.1. The van der Waals surface area contributed by atoms with Crippen molar-refractivity contribution in [1.29, 1.82) is 0 Å². The van der Waals surface area contributed by atoms with Crippen molar-refractivity contribution in [3.05, 3.63) is 42.2 Å². The number of nitrogens with zero attached hydrogens (tertiary/aromatic N) is 4. The zero-order valence-electron chi connectivity index (χ0n) is 19.5. The number of alkyl carbamates (subject to hydrolysis) is 1. The predicted molar refractivity (Wildman–Crippen MR) is 121 cm³/mol. The molecule has 1 atom stereocenters. The number of halogens is 3. The van der Waals surface area contributed by atoms with Gasteiger partial charge >= 0.3 is 12.5 Å². The molecule has 188 valence electrons. The summed E-state index contributed by atoms with van der Waals surface area (Å²) in [6, 6.07) is 7.02. The highest BCUT2D eigenvalue weighted by atomic mass is 19.4. The smallest absolute Gasteiger partial charge is 0.443 e. The molecule has 2 aromatic heterocycles. The lowest BCUT2D eigenvalue weighted by Gasteiger charge is -2.20. The Morgan fingerprint density at radius 3 is 2.51 bits per heavy atom. The third kappa shape index (κ3) is 5.94. The number of rotatable bonds is 5. The summed E-state index contributed by atoms with van der Waals surface area (Å²) in [6.45, 7) is 6.37. The van der Waals surface area contributed by atoms with Crippen LogP contribution in [0, 0.1) is 0 Å². The summed E-state index contributed by atoms with van der Waals surface area (Å²) in [4.78, 5) is 18.7. The highest BCUT2D eigenvalue weighted by Gasteiger charge is 2.31. The third-order valence-electron chi connectivity index (χ3n) is 5.25. The Hall–Kier alpha value is -3.54. The van der Waals surface area contributed by atoms with Crippen LogP contribution in [0.25, 0.3) is 16.7 Å². The summed E-state index contributed by atoms with van der Waals surface area (Å²) in [5.41, 5.74) is 1.58. The van der Waals surface area contributed by atoms with Gasteiger partial charge in [-0.25, -0.2) is 14.5 Å². The summed E-state index contributed by atoms with van der Waals surface area (Å²) in [7, 11) is 0. The Labute approximate surface area is 199 Å². The third-order valence-corrected chi connectivity index (χ3v) is 5.25. The van der Waals surface area contributed by atoms with Crippen LogP contribution < -0.4 is 15.0 Å². The number of pyridine rings is 1. The van der Waals surface area contributed by atoms with E-state index < -0.39 is 24.1 Å². The molecule has 1 aliphatic heterocycles. The minimum absolute atomic E-state index is 0.157. The first-order valence-corrected chi connectivity index (χ1v) is 11.0. The molecule has 4 rings (SSSR count). The molecule has 0 bridgehead atoms. The van der Waals surface area contributed by atoms with Gasteiger partial charge in [-0.05, 0) is 57.5 Å². The summed E-state index contributed by atoms with van der Waals surface area (Å²) >= 11 is 0. The number of carbonyl (C=O) groups excluding carboxylic acids is 1. The summed E-state index contributed by atoms with van der Waals surface area (Å²) in [6.07, 6.45) is -3.67. The second-order valence-corrected chi connectivity index (χ2v) is 9.27. The fourth-order valence-corrected chi connectivity index (χ4v) is 3.87. The number of aliphatic hydroxyl groups is 1. The molecule has 9 nitrogen and oxygen atoms in total. The molecule has 2 N–H and O–H groups in total. The molecular weight excluding hydrogens is 467 g/mol. The molecule has 3 heterocycles. The standard InChI is InChI=1S/C23H26F3N5O4/c1-22(2,3)28-21(33)34-13-17-19-18(30-11-9-15(32)12-30)8-10-27-20(19)31(29-17)14-4-6-16(7-5-14)35-23(24,25)26/h4-8,10,15,32H,9,11-13H2,1-3H3,(H,28,33)/t15-/m0/s1. The summed E-state index contributed by atoms with van der Waals surface area (Å²) < 4.78 is 48.4. The normalized spacial score (nSPS) is 16.5. The molecule has 1 amide bonds. The van der Waals surface area contributed by atoms with Gasteiger partial charge in [-0.1, -0.05) is 0 Å². The molecule has 35 heavy (non-hydrogen) atoms. The van der Waals surface area contributed by atoms with E-state index in [0.29, 0.717) is 41.9 Å². The molecular formula is C23H26F3N5O4. The maximum Gasteiger partial charge on any atom is 0.573 e. The SMILES string of the molecule is CC(C)(C)NC(=O)OCc1nn(-c2ccc(OC(F)(F)F)cc2)c2nccc(N3CC[C@H](O)C3)c12. The number of aromatic nitrogens is 3. The van der Waals surface area contributed by atoms with Crippen molar-refractivity contribution in [1.82, 2.24) is 20.1 Å². The van der Waals surface area contributed by atoms with E-state index in [1.165, 1.54) is 28.9 Å². The van der Waals surface area contributed by atoms with E-state index in [0.717, 1.165) is 5.69 Å². The van der Waals surface area contributed by atoms with E-state index >= 15 is 0 Å². The Bertz CT molecular complexity index is 1200. The molecule has 0 unspecified atom stereocenters. The number of fused-ring (bicyclic) bond motifs is 1. The first kappa shape index (κ1) is 24.6. The monoisotopic (exact) mass is 493 g/mol. The van der Waals surface area contributed by atoms with Gasteiger partial charge in [0.15, 0.2) is 5.65 Å². The maximum absolute atomic E-state index is 12.5. The molecule has 12 heteroatoms. The van der Waals surface area contributed by atoms with Crippen molar-refractivity contribution in [3.63, 3.8) is 0 Å². The molecule has 1 saturated heterocycles. The minimum Gasteiger partial charge on any atom is -0.443 e. The molecule has 0 aliphatic carbocycles. The van der Waals surface area contributed by atoms with Gasteiger partial charge in [-0.3, -0.25) is 0 Å². The summed E-state index contributed by atoms with van der Waals surface area (Å²) in [5.74, 6) is -0.361. The van der Waals surface area contributed by atoms with Gasteiger partial charge in [0.25, 0.3) is 0 Å². The lowest BCUT2D eigenvalue weighted by Crippen LogP contribution is -2.40. The van der Waals surface area contributed by atoms with Crippen molar-refractivity contribution in [3.8, 4) is 11.4 Å². The van der Waals surface area contributed by atoms with Gasteiger partial charge in [0, 0.05) is 24.8 Å². The molecule has 1 aliphatic rings. The number of benzene rings is 1. The Kier molecular flexibility index (Phi) is 6.50. The van der Waals surface area contributed by atoms with Gasteiger partial charge in [0.05, 0.1) is 22.9 Å². The summed E-state index contributed by atoms with van der Waals surface area (Å²) in [5, 5.41) is 18.0. The maximum atomic E-state index is 12.5. The van der Waals surface area contributed by atoms with Gasteiger partial charge < -0.3 is 24.8 Å². The van der Waals surface area contributed by atoms with Gasteiger partial charge in [0.2, 0.25) is 0 Å². The highest BCUT2D eigenvalue weighted by Crippen LogP contribution is 2.33. The van der Waals surface area contributed by atoms with Crippen LogP contribution >= 0.6 is 0 Å². The number of ether oxygens (including phenoxy) is 2. The van der Waals surface area contributed by atoms with Crippen LogP contribution in [0.1, 0.15) is 32.9 Å². The molecule has 0 spiro atoms. The molecule has 1 fully saturated rings. The number of hydrogen-bond donors (Lipinski definition) is 2. The van der Waals surface area contributed by atoms with Crippen molar-refractivity contribution >= 4 is 22.8 Å². The minimum atomic E-state index is -4.80.